The van der Waals surface area contributed by atoms with E-state index in [9.17, 15) is 10.1 Å². The summed E-state index contributed by atoms with van der Waals surface area (Å²) < 4.78 is 5.21. The lowest BCUT2D eigenvalue weighted by Crippen LogP contribution is -2.14. The van der Waals surface area contributed by atoms with Gasteiger partial charge >= 0.3 is 0 Å². The fourth-order valence-corrected chi connectivity index (χ4v) is 3.37. The number of hydrogen-bond donors (Lipinski definition) is 1. The number of rotatable bonds is 6. The molecule has 1 aromatic heterocycles. The van der Waals surface area contributed by atoms with Gasteiger partial charge in [0.1, 0.15) is 16.8 Å². The molecule has 1 heterocycles. The Bertz CT molecular complexity index is 1010. The summed E-state index contributed by atoms with van der Waals surface area (Å²) in [6.07, 6.45) is 0.959. The zero-order valence-corrected chi connectivity index (χ0v) is 16.0. The second-order valence-corrected chi connectivity index (χ2v) is 6.86. The molecule has 0 bridgehead atoms. The number of ether oxygens (including phenoxy) is 1. The number of hydrogen-bond acceptors (Lipinski definition) is 5. The zero-order valence-electron chi connectivity index (χ0n) is 15.2. The summed E-state index contributed by atoms with van der Waals surface area (Å²) in [7, 11) is 1.60. The van der Waals surface area contributed by atoms with E-state index in [4.69, 9.17) is 4.74 Å². The van der Waals surface area contributed by atoms with Gasteiger partial charge in [-0.1, -0.05) is 30.8 Å². The van der Waals surface area contributed by atoms with Gasteiger partial charge in [0.25, 0.3) is 0 Å². The van der Waals surface area contributed by atoms with Crippen LogP contribution in [-0.4, -0.2) is 23.8 Å². The predicted octanol–water partition coefficient (Wildman–Crippen LogP) is 4.41. The largest absolute Gasteiger partial charge is 0.497 e. The first-order valence-electron chi connectivity index (χ1n) is 8.53. The first kappa shape index (κ1) is 18.7. The lowest BCUT2D eigenvalue weighted by Gasteiger charge is -2.08. The maximum Gasteiger partial charge on any atom is 0.234 e. The van der Waals surface area contributed by atoms with E-state index in [1.165, 1.54) is 17.3 Å². The normalized spacial score (nSPS) is 10.4. The third-order valence-electron chi connectivity index (χ3n) is 4.09. The maximum atomic E-state index is 12.2. The zero-order chi connectivity index (χ0) is 19.2. The number of aryl methyl sites for hydroxylation is 1. The summed E-state index contributed by atoms with van der Waals surface area (Å²) in [6.45, 7) is 2.09. The number of amides is 1. The Morgan fingerprint density at radius 3 is 2.67 bits per heavy atom. The van der Waals surface area contributed by atoms with E-state index >= 15 is 0 Å². The number of methoxy groups -OCH3 is 1. The molecular formula is C21H19N3O2S. The van der Waals surface area contributed by atoms with Crippen molar-refractivity contribution in [3.05, 3.63) is 59.7 Å². The van der Waals surface area contributed by atoms with Crippen molar-refractivity contribution in [2.45, 2.75) is 18.4 Å². The fraction of sp³-hybridized carbons (Fsp3) is 0.190. The second kappa shape index (κ2) is 8.56. The molecule has 27 heavy (non-hydrogen) atoms. The Hall–Kier alpha value is -3.04. The summed E-state index contributed by atoms with van der Waals surface area (Å²) in [6, 6.07) is 17.2. The summed E-state index contributed by atoms with van der Waals surface area (Å²) >= 11 is 1.25. The Morgan fingerprint density at radius 2 is 2.00 bits per heavy atom. The van der Waals surface area contributed by atoms with Gasteiger partial charge in [-0.3, -0.25) is 4.79 Å². The average Bonchev–Trinajstić information content (AvgIpc) is 2.71. The molecule has 0 spiro atoms. The Kier molecular flexibility index (Phi) is 5.94. The van der Waals surface area contributed by atoms with Crippen molar-refractivity contribution in [3.63, 3.8) is 0 Å². The van der Waals surface area contributed by atoms with Crippen molar-refractivity contribution < 1.29 is 9.53 Å². The molecule has 0 aliphatic rings. The van der Waals surface area contributed by atoms with Gasteiger partial charge in [-0.25, -0.2) is 4.98 Å². The average molecular weight is 377 g/mol. The van der Waals surface area contributed by atoms with Crippen LogP contribution in [0, 0.1) is 11.3 Å². The van der Waals surface area contributed by atoms with E-state index < -0.39 is 0 Å². The number of benzene rings is 2. The molecule has 2 aromatic carbocycles. The molecular weight excluding hydrogens is 358 g/mol. The van der Waals surface area contributed by atoms with Crippen LogP contribution in [0.25, 0.3) is 10.9 Å². The van der Waals surface area contributed by atoms with Crippen molar-refractivity contribution in [1.82, 2.24) is 4.98 Å². The van der Waals surface area contributed by atoms with Gasteiger partial charge < -0.3 is 10.1 Å². The highest BCUT2D eigenvalue weighted by Gasteiger charge is 2.11. The number of carbonyl (C=O) groups excluding carboxylic acids is 1. The molecule has 136 valence electrons. The van der Waals surface area contributed by atoms with Gasteiger partial charge in [-0.15, -0.1) is 0 Å². The van der Waals surface area contributed by atoms with Crippen LogP contribution in [-0.2, 0) is 11.2 Å². The van der Waals surface area contributed by atoms with Crippen LogP contribution in [0.3, 0.4) is 0 Å². The van der Waals surface area contributed by atoms with Gasteiger partial charge in [-0.05, 0) is 48.4 Å². The predicted molar refractivity (Wildman–Crippen MR) is 108 cm³/mol. The fourth-order valence-electron chi connectivity index (χ4n) is 2.61. The first-order valence-corrected chi connectivity index (χ1v) is 9.52. The molecule has 0 saturated heterocycles. The summed E-state index contributed by atoms with van der Waals surface area (Å²) in [5, 5.41) is 13.7. The van der Waals surface area contributed by atoms with Crippen LogP contribution in [0.15, 0.2) is 53.6 Å². The molecule has 5 nitrogen and oxygen atoms in total. The number of carbonyl (C=O) groups is 1. The number of thioether (sulfide) groups is 1. The lowest BCUT2D eigenvalue weighted by atomic mass is 10.1. The molecule has 3 rings (SSSR count). The van der Waals surface area contributed by atoms with Crippen LogP contribution in [0.2, 0.25) is 0 Å². The minimum absolute atomic E-state index is 0.134. The number of nitrogens with one attached hydrogen (secondary N) is 1. The summed E-state index contributed by atoms with van der Waals surface area (Å²) in [5.74, 6) is 0.755. The Labute approximate surface area is 162 Å². The topological polar surface area (TPSA) is 75.0 Å². The summed E-state index contributed by atoms with van der Waals surface area (Å²) in [4.78, 5) is 16.8. The van der Waals surface area contributed by atoms with Crippen molar-refractivity contribution in [1.29, 1.82) is 5.26 Å². The Balaban J connectivity index is 1.71. The van der Waals surface area contributed by atoms with Crippen LogP contribution >= 0.6 is 11.8 Å². The standard InChI is InChI=1S/C21H19N3O2S/c1-3-14-4-6-17(7-5-14)23-20(25)13-27-21-16(12-22)10-15-11-18(26-2)8-9-19(15)24-21/h4-11H,3,13H2,1-2H3,(H,23,25). The quantitative estimate of drug-likeness (QED) is 0.644. The molecule has 3 aromatic rings. The van der Waals surface area contributed by atoms with E-state index in [0.29, 0.717) is 16.3 Å². The molecule has 1 amide bonds. The van der Waals surface area contributed by atoms with Gasteiger partial charge in [0, 0.05) is 11.1 Å². The summed E-state index contributed by atoms with van der Waals surface area (Å²) in [5.41, 5.74) is 3.18. The van der Waals surface area contributed by atoms with Crippen molar-refractivity contribution in [2.24, 2.45) is 0 Å². The highest BCUT2D eigenvalue weighted by Crippen LogP contribution is 2.27. The molecule has 1 N–H and O–H groups in total. The number of anilines is 1. The molecule has 0 radical (unpaired) electrons. The van der Waals surface area contributed by atoms with Crippen LogP contribution in [0.5, 0.6) is 5.75 Å². The number of fused-ring (bicyclic) bond motifs is 1. The number of aromatic nitrogens is 1. The highest BCUT2D eigenvalue weighted by atomic mass is 32.2. The van der Waals surface area contributed by atoms with Crippen LogP contribution < -0.4 is 10.1 Å². The van der Waals surface area contributed by atoms with E-state index in [2.05, 4.69) is 23.3 Å². The van der Waals surface area contributed by atoms with Crippen LogP contribution in [0.1, 0.15) is 18.1 Å². The van der Waals surface area contributed by atoms with E-state index in [1.807, 2.05) is 42.5 Å². The lowest BCUT2D eigenvalue weighted by molar-refractivity contribution is -0.113. The van der Waals surface area contributed by atoms with Gasteiger partial charge in [0.2, 0.25) is 5.91 Å². The molecule has 0 saturated carbocycles. The number of nitrogens with zero attached hydrogens (tertiary/aromatic N) is 2. The number of pyridine rings is 1. The van der Waals surface area contributed by atoms with Crippen molar-refractivity contribution in [3.8, 4) is 11.8 Å². The second-order valence-electron chi connectivity index (χ2n) is 5.90. The van der Waals surface area contributed by atoms with E-state index in [0.717, 1.165) is 23.0 Å². The maximum absolute atomic E-state index is 12.2. The smallest absolute Gasteiger partial charge is 0.234 e. The van der Waals surface area contributed by atoms with Crippen molar-refractivity contribution in [2.75, 3.05) is 18.2 Å². The van der Waals surface area contributed by atoms with Gasteiger partial charge in [0.15, 0.2) is 0 Å². The Morgan fingerprint density at radius 1 is 1.22 bits per heavy atom. The molecule has 0 atom stereocenters. The van der Waals surface area contributed by atoms with Gasteiger partial charge in [-0.2, -0.15) is 5.26 Å². The molecule has 0 aliphatic heterocycles. The molecule has 0 unspecified atom stereocenters. The van der Waals surface area contributed by atoms with Crippen LogP contribution in [0.4, 0.5) is 5.69 Å². The van der Waals surface area contributed by atoms with E-state index in [-0.39, 0.29) is 11.7 Å². The van der Waals surface area contributed by atoms with Gasteiger partial charge in [0.05, 0.1) is 23.9 Å². The van der Waals surface area contributed by atoms with Crippen molar-refractivity contribution >= 4 is 34.3 Å². The molecule has 6 heteroatoms. The minimum Gasteiger partial charge on any atom is -0.497 e. The monoisotopic (exact) mass is 377 g/mol. The number of nitriles is 1. The third kappa shape index (κ3) is 4.57. The van der Waals surface area contributed by atoms with E-state index in [1.54, 1.807) is 13.2 Å². The third-order valence-corrected chi connectivity index (χ3v) is 5.08. The highest BCUT2D eigenvalue weighted by molar-refractivity contribution is 8.00. The first-order chi connectivity index (χ1) is 13.1. The SMILES string of the molecule is CCc1ccc(NC(=O)CSc2nc3ccc(OC)cc3cc2C#N)cc1. The minimum atomic E-state index is -0.134. The molecule has 0 fully saturated rings. The molecule has 0 aliphatic carbocycles.